The summed E-state index contributed by atoms with van der Waals surface area (Å²) in [5.41, 5.74) is 1.90. The second-order valence-corrected chi connectivity index (χ2v) is 11.5. The van der Waals surface area contributed by atoms with Crippen LogP contribution >= 0.6 is 0 Å². The van der Waals surface area contributed by atoms with Crippen molar-refractivity contribution < 1.29 is 24.0 Å². The minimum atomic E-state index is -1.51. The van der Waals surface area contributed by atoms with Gasteiger partial charge in [-0.15, -0.1) is 4.58 Å². The molecule has 5 rings (SSSR count). The average Bonchev–Trinajstić information content (AvgIpc) is 3.24. The highest BCUT2D eigenvalue weighted by Gasteiger charge is 2.66. The second-order valence-electron chi connectivity index (χ2n) is 11.5. The molecule has 2 aliphatic carbocycles. The Morgan fingerprint density at radius 2 is 1.71 bits per heavy atom. The third-order valence-electron chi connectivity index (χ3n) is 9.71. The maximum Gasteiger partial charge on any atom is 0.394 e. The number of fused-ring (bicyclic) bond motifs is 3. The quantitative estimate of drug-likeness (QED) is 0.394. The first-order valence-electron chi connectivity index (χ1n) is 14.3. The summed E-state index contributed by atoms with van der Waals surface area (Å²) in [6, 6.07) is 23.4. The number of esters is 1. The number of nitrogens with zero attached hydrogens (tertiary/aromatic N) is 4. The number of allylic oxidation sites excluding steroid dienone is 1. The zero-order valence-corrected chi connectivity index (χ0v) is 23.9. The van der Waals surface area contributed by atoms with Crippen molar-refractivity contribution in [3.8, 4) is 18.2 Å². The van der Waals surface area contributed by atoms with Crippen molar-refractivity contribution in [3.05, 3.63) is 82.4 Å². The fraction of sp³-hybridized carbons (Fsp3) is 0.412. The minimum Gasteiger partial charge on any atom is -0.463 e. The van der Waals surface area contributed by atoms with Crippen LogP contribution in [0.2, 0.25) is 0 Å². The molecule has 1 heterocycles. The van der Waals surface area contributed by atoms with Crippen LogP contribution in [0.5, 0.6) is 0 Å². The van der Waals surface area contributed by atoms with Crippen LogP contribution in [0.15, 0.2) is 65.7 Å². The van der Waals surface area contributed by atoms with Crippen LogP contribution < -0.4 is 0 Å². The Kier molecular flexibility index (Phi) is 7.72. The fourth-order valence-corrected chi connectivity index (χ4v) is 7.67. The molecule has 1 saturated carbocycles. The Morgan fingerprint density at radius 3 is 2.31 bits per heavy atom. The first-order chi connectivity index (χ1) is 20.2. The summed E-state index contributed by atoms with van der Waals surface area (Å²) in [6.07, 6.45) is 1.33. The zero-order valence-electron chi connectivity index (χ0n) is 23.9. The summed E-state index contributed by atoms with van der Waals surface area (Å²) in [4.78, 5) is 27.6. The highest BCUT2D eigenvalue weighted by Crippen LogP contribution is 2.62. The Hall–Kier alpha value is -4.74. The monoisotopic (exact) mass is 561 g/mol. The number of amides is 1. The lowest BCUT2D eigenvalue weighted by atomic mass is 9.48. The molecule has 0 radical (unpaired) electrons. The number of aryl methyl sites for hydroxylation is 1. The highest BCUT2D eigenvalue weighted by molar-refractivity contribution is 5.97. The van der Waals surface area contributed by atoms with Crippen LogP contribution in [0.1, 0.15) is 49.3 Å². The fourth-order valence-electron chi connectivity index (χ4n) is 7.67. The summed E-state index contributed by atoms with van der Waals surface area (Å²) < 4.78 is 6.87. The number of aliphatic hydroxyl groups is 1. The van der Waals surface area contributed by atoms with Crippen LogP contribution in [0, 0.1) is 69.0 Å². The molecule has 2 aromatic rings. The SMILES string of the molecule is CCOC(=O)C1=C2C[C@H](c3ccc(C#N)cc3)C(C#N)(C#N)C(C)[C@H]2[C@H]2C(=O)[N+](C)=C(O)[C@H]2[C@H]1CCc1ccccc1. The maximum atomic E-state index is 13.8. The molecule has 212 valence electrons. The molecular formula is C34H33N4O4+. The van der Waals surface area contributed by atoms with Gasteiger partial charge in [-0.25, -0.2) is 9.59 Å². The lowest BCUT2D eigenvalue weighted by molar-refractivity contribution is -0.423. The molecule has 1 amide bonds. The number of aliphatic hydroxyl groups excluding tert-OH is 1. The van der Waals surface area contributed by atoms with Gasteiger partial charge < -0.3 is 9.84 Å². The molecule has 6 atom stereocenters. The zero-order chi connectivity index (χ0) is 30.2. The number of nitriles is 3. The van der Waals surface area contributed by atoms with Gasteiger partial charge in [0, 0.05) is 23.3 Å². The summed E-state index contributed by atoms with van der Waals surface area (Å²) in [5, 5.41) is 41.8. The molecular weight excluding hydrogens is 528 g/mol. The summed E-state index contributed by atoms with van der Waals surface area (Å²) in [5.74, 6) is -4.63. The van der Waals surface area contributed by atoms with Gasteiger partial charge in [-0.3, -0.25) is 0 Å². The molecule has 0 spiro atoms. The molecule has 1 aliphatic heterocycles. The molecule has 0 saturated heterocycles. The molecule has 0 bridgehead atoms. The molecule has 1 fully saturated rings. The lowest BCUT2D eigenvalue weighted by Gasteiger charge is -2.50. The van der Waals surface area contributed by atoms with E-state index in [-0.39, 0.29) is 24.8 Å². The predicted octanol–water partition coefficient (Wildman–Crippen LogP) is 4.83. The van der Waals surface area contributed by atoms with Crippen molar-refractivity contribution in [1.29, 1.82) is 15.8 Å². The van der Waals surface area contributed by atoms with Gasteiger partial charge in [0.25, 0.3) is 0 Å². The van der Waals surface area contributed by atoms with Crippen LogP contribution in [0.4, 0.5) is 0 Å². The van der Waals surface area contributed by atoms with Gasteiger partial charge in [-0.1, -0.05) is 55.0 Å². The van der Waals surface area contributed by atoms with Gasteiger partial charge in [0.15, 0.2) is 5.41 Å². The van der Waals surface area contributed by atoms with E-state index in [2.05, 4.69) is 18.2 Å². The Morgan fingerprint density at radius 1 is 1.05 bits per heavy atom. The van der Waals surface area contributed by atoms with Crippen molar-refractivity contribution in [3.63, 3.8) is 0 Å². The number of hydrogen-bond acceptors (Lipinski definition) is 6. The molecule has 3 aliphatic rings. The third kappa shape index (κ3) is 4.38. The first kappa shape index (κ1) is 28.8. The van der Waals surface area contributed by atoms with Crippen LogP contribution in [-0.2, 0) is 20.7 Å². The number of carbonyl (C=O) groups excluding carboxylic acids is 2. The Balaban J connectivity index is 1.73. The van der Waals surface area contributed by atoms with Gasteiger partial charge in [0.2, 0.25) is 0 Å². The standard InChI is InChI=1S/C34H32N4O4/c1-4-42-33(41)28-24(15-12-21-8-6-5-7-9-21)29-30(32(40)38(3)31(29)39)27-20(2)34(18-36,19-37)26(16-25(27)28)23-13-10-22(17-35)11-14-23/h5-11,13-14,20,24,26-27,29-30H,4,12,15-16H2,1-3H3/p+1/t20?,24-,26+,27+,29-,30+/m0/s1. The molecule has 2 aromatic carbocycles. The van der Waals surface area contributed by atoms with Gasteiger partial charge >= 0.3 is 17.8 Å². The first-order valence-corrected chi connectivity index (χ1v) is 14.3. The van der Waals surface area contributed by atoms with Crippen LogP contribution in [0.3, 0.4) is 0 Å². The predicted molar refractivity (Wildman–Crippen MR) is 153 cm³/mol. The molecule has 1 N–H and O–H groups in total. The van der Waals surface area contributed by atoms with E-state index in [4.69, 9.17) is 4.74 Å². The lowest BCUT2D eigenvalue weighted by Crippen LogP contribution is -2.52. The average molecular weight is 562 g/mol. The maximum absolute atomic E-state index is 13.8. The van der Waals surface area contributed by atoms with Crippen LogP contribution in [0.25, 0.3) is 0 Å². The minimum absolute atomic E-state index is 0.0927. The van der Waals surface area contributed by atoms with Gasteiger partial charge in [0.1, 0.15) is 18.9 Å². The second kappa shape index (κ2) is 11.3. The van der Waals surface area contributed by atoms with Crippen molar-refractivity contribution in [2.45, 2.75) is 39.0 Å². The molecule has 42 heavy (non-hydrogen) atoms. The van der Waals surface area contributed by atoms with E-state index >= 15 is 0 Å². The molecule has 0 aromatic heterocycles. The van der Waals surface area contributed by atoms with Crippen LogP contribution in [-0.4, -0.2) is 41.1 Å². The smallest absolute Gasteiger partial charge is 0.394 e. The number of hydrogen-bond donors (Lipinski definition) is 1. The Bertz CT molecular complexity index is 1590. The van der Waals surface area contributed by atoms with E-state index in [0.29, 0.717) is 29.5 Å². The number of rotatable bonds is 6. The topological polar surface area (TPSA) is 138 Å². The molecule has 8 heteroatoms. The van der Waals surface area contributed by atoms with E-state index in [9.17, 15) is 30.5 Å². The van der Waals surface area contributed by atoms with E-state index in [1.807, 2.05) is 30.3 Å². The van der Waals surface area contributed by atoms with Gasteiger partial charge in [-0.05, 0) is 55.4 Å². The highest BCUT2D eigenvalue weighted by atomic mass is 16.5. The van der Waals surface area contributed by atoms with Crippen molar-refractivity contribution >= 4 is 17.8 Å². The van der Waals surface area contributed by atoms with Crippen molar-refractivity contribution in [1.82, 2.24) is 0 Å². The largest absolute Gasteiger partial charge is 0.463 e. The van der Waals surface area contributed by atoms with E-state index in [1.165, 1.54) is 11.6 Å². The Labute approximate surface area is 245 Å². The summed E-state index contributed by atoms with van der Waals surface area (Å²) >= 11 is 0. The van der Waals surface area contributed by atoms with E-state index < -0.39 is 46.9 Å². The summed E-state index contributed by atoms with van der Waals surface area (Å²) in [6.45, 7) is 3.70. The van der Waals surface area contributed by atoms with Gasteiger partial charge in [-0.2, -0.15) is 15.8 Å². The number of benzene rings is 2. The number of ether oxygens (including phenoxy) is 1. The number of carbonyl (C=O) groups is 2. The van der Waals surface area contributed by atoms with Crippen molar-refractivity contribution in [2.24, 2.45) is 35.0 Å². The van der Waals surface area contributed by atoms with Crippen molar-refractivity contribution in [2.75, 3.05) is 13.7 Å². The summed E-state index contributed by atoms with van der Waals surface area (Å²) in [7, 11) is 1.53. The van der Waals surface area contributed by atoms with E-state index in [0.717, 1.165) is 11.1 Å². The van der Waals surface area contributed by atoms with Gasteiger partial charge in [0.05, 0.1) is 30.4 Å². The van der Waals surface area contributed by atoms with E-state index in [1.54, 1.807) is 38.1 Å². The molecule has 1 unspecified atom stereocenters. The third-order valence-corrected chi connectivity index (χ3v) is 9.71. The normalized spacial score (nSPS) is 27.8. The molecule has 8 nitrogen and oxygen atoms in total.